The smallest absolute Gasteiger partial charge is 0.265 e. The first-order chi connectivity index (χ1) is 10.6. The maximum Gasteiger partial charge on any atom is 0.265 e. The summed E-state index contributed by atoms with van der Waals surface area (Å²) in [5.41, 5.74) is 7.09. The first kappa shape index (κ1) is 19.2. The summed E-state index contributed by atoms with van der Waals surface area (Å²) in [6, 6.07) is 10.1. The predicted molar refractivity (Wildman–Crippen MR) is 97.5 cm³/mol. The van der Waals surface area contributed by atoms with Crippen LogP contribution in [0.1, 0.15) is 29.4 Å². The van der Waals surface area contributed by atoms with Crippen molar-refractivity contribution in [3.05, 3.63) is 46.7 Å². The van der Waals surface area contributed by atoms with Crippen molar-refractivity contribution in [2.24, 2.45) is 5.73 Å². The zero-order valence-electron chi connectivity index (χ0n) is 12.7. The lowest BCUT2D eigenvalue weighted by Crippen LogP contribution is -2.35. The number of halogens is 1. The number of benzene rings is 1. The number of nitrogens with one attached hydrogen (secondary N) is 2. The Bertz CT molecular complexity index is 629. The van der Waals surface area contributed by atoms with Crippen LogP contribution < -0.4 is 16.4 Å². The van der Waals surface area contributed by atoms with Gasteiger partial charge in [0.1, 0.15) is 0 Å². The van der Waals surface area contributed by atoms with Crippen molar-refractivity contribution in [3.63, 3.8) is 0 Å². The number of hydrogen-bond donors (Lipinski definition) is 3. The van der Waals surface area contributed by atoms with Crippen LogP contribution in [0.4, 0.5) is 11.4 Å². The Morgan fingerprint density at radius 3 is 2.26 bits per heavy atom. The Morgan fingerprint density at radius 1 is 1.13 bits per heavy atom. The molecule has 23 heavy (non-hydrogen) atoms. The van der Waals surface area contributed by atoms with Crippen LogP contribution in [0.15, 0.2) is 41.8 Å². The second-order valence-corrected chi connectivity index (χ2v) is 5.84. The van der Waals surface area contributed by atoms with E-state index in [1.54, 1.807) is 30.3 Å². The number of carbonyl (C=O) groups excluding carboxylic acids is 2. The van der Waals surface area contributed by atoms with Crippen molar-refractivity contribution in [2.45, 2.75) is 25.8 Å². The fourth-order valence-electron chi connectivity index (χ4n) is 1.91. The number of thiophene rings is 1. The topological polar surface area (TPSA) is 84.2 Å². The van der Waals surface area contributed by atoms with E-state index in [0.29, 0.717) is 22.7 Å². The maximum absolute atomic E-state index is 11.9. The van der Waals surface area contributed by atoms with E-state index in [9.17, 15) is 9.59 Å². The summed E-state index contributed by atoms with van der Waals surface area (Å²) >= 11 is 1.39. The van der Waals surface area contributed by atoms with Crippen molar-refractivity contribution in [1.29, 1.82) is 0 Å². The molecule has 0 aliphatic rings. The lowest BCUT2D eigenvalue weighted by Gasteiger charge is -2.11. The summed E-state index contributed by atoms with van der Waals surface area (Å²) in [5.74, 6) is -0.339. The molecule has 5 nitrogen and oxygen atoms in total. The fourth-order valence-corrected chi connectivity index (χ4v) is 2.53. The van der Waals surface area contributed by atoms with Gasteiger partial charge in [-0.2, -0.15) is 0 Å². The molecule has 0 saturated carbocycles. The van der Waals surface area contributed by atoms with Crippen LogP contribution in [-0.4, -0.2) is 17.9 Å². The molecule has 0 spiro atoms. The summed E-state index contributed by atoms with van der Waals surface area (Å²) in [6.07, 6.45) is 1.52. The molecule has 0 aliphatic heterocycles. The summed E-state index contributed by atoms with van der Waals surface area (Å²) in [5, 5.41) is 7.42. The quantitative estimate of drug-likeness (QED) is 0.743. The molecule has 124 valence electrons. The number of carbonyl (C=O) groups is 2. The van der Waals surface area contributed by atoms with Crippen LogP contribution in [0.5, 0.6) is 0 Å². The van der Waals surface area contributed by atoms with Crippen molar-refractivity contribution < 1.29 is 9.59 Å². The highest BCUT2D eigenvalue weighted by atomic mass is 35.5. The molecule has 2 aromatic rings. The Hall–Kier alpha value is -1.89. The number of rotatable bonds is 6. The number of nitrogens with two attached hydrogens (primary N) is 1. The first-order valence-corrected chi connectivity index (χ1v) is 7.99. The van der Waals surface area contributed by atoms with Gasteiger partial charge in [-0.15, -0.1) is 23.7 Å². The minimum Gasteiger partial charge on any atom is -0.325 e. The third-order valence-corrected chi connectivity index (χ3v) is 3.96. The minimum absolute atomic E-state index is 0. The molecule has 0 radical (unpaired) electrons. The third kappa shape index (κ3) is 5.67. The number of anilines is 2. The molecule has 0 bridgehead atoms. The minimum atomic E-state index is -0.497. The van der Waals surface area contributed by atoms with Crippen LogP contribution in [0.3, 0.4) is 0 Å². The van der Waals surface area contributed by atoms with Crippen LogP contribution in [0, 0.1) is 0 Å². The maximum atomic E-state index is 11.9. The normalized spacial score (nSPS) is 11.2. The molecule has 0 saturated heterocycles. The van der Waals surface area contributed by atoms with Crippen LogP contribution >= 0.6 is 23.7 Å². The van der Waals surface area contributed by atoms with Crippen molar-refractivity contribution in [1.82, 2.24) is 0 Å². The van der Waals surface area contributed by atoms with Crippen LogP contribution in [0.2, 0.25) is 0 Å². The molecular weight excluding hydrogens is 334 g/mol. The summed E-state index contributed by atoms with van der Waals surface area (Å²) in [6.45, 7) is 1.98. The van der Waals surface area contributed by atoms with Crippen molar-refractivity contribution in [3.8, 4) is 0 Å². The Balaban J connectivity index is 0.00000264. The molecule has 7 heteroatoms. The van der Waals surface area contributed by atoms with E-state index in [1.807, 2.05) is 18.4 Å². The van der Waals surface area contributed by atoms with Crippen LogP contribution in [0.25, 0.3) is 0 Å². The molecule has 1 heterocycles. The van der Waals surface area contributed by atoms with Gasteiger partial charge >= 0.3 is 0 Å². The Morgan fingerprint density at radius 2 is 1.74 bits per heavy atom. The largest absolute Gasteiger partial charge is 0.325 e. The fraction of sp³-hybridized carbons (Fsp3) is 0.250. The zero-order valence-corrected chi connectivity index (χ0v) is 14.4. The second kappa shape index (κ2) is 9.29. The monoisotopic (exact) mass is 353 g/mol. The molecule has 1 unspecified atom stereocenters. The van der Waals surface area contributed by atoms with Gasteiger partial charge in [-0.05, 0) is 42.1 Å². The Kier molecular flexibility index (Phi) is 7.74. The summed E-state index contributed by atoms with van der Waals surface area (Å²) in [7, 11) is 0. The van der Waals surface area contributed by atoms with E-state index >= 15 is 0 Å². The highest BCUT2D eigenvalue weighted by Crippen LogP contribution is 2.16. The summed E-state index contributed by atoms with van der Waals surface area (Å²) in [4.78, 5) is 24.4. The van der Waals surface area contributed by atoms with Gasteiger partial charge in [-0.3, -0.25) is 9.59 Å². The molecule has 0 fully saturated rings. The van der Waals surface area contributed by atoms with Crippen molar-refractivity contribution >= 4 is 46.9 Å². The Labute approximate surface area is 145 Å². The molecular formula is C16H20ClN3O2S. The van der Waals surface area contributed by atoms with E-state index in [-0.39, 0.29) is 24.2 Å². The molecule has 0 aliphatic carbocycles. The van der Waals surface area contributed by atoms with E-state index in [1.165, 1.54) is 11.3 Å². The van der Waals surface area contributed by atoms with Gasteiger partial charge < -0.3 is 16.4 Å². The van der Waals surface area contributed by atoms with E-state index < -0.39 is 6.04 Å². The second-order valence-electron chi connectivity index (χ2n) is 4.89. The van der Waals surface area contributed by atoms with E-state index in [4.69, 9.17) is 5.73 Å². The van der Waals surface area contributed by atoms with E-state index in [2.05, 4.69) is 10.6 Å². The average Bonchev–Trinajstić information content (AvgIpc) is 3.04. The van der Waals surface area contributed by atoms with E-state index in [0.717, 1.165) is 6.42 Å². The SMILES string of the molecule is CCCC(N)C(=O)Nc1ccc(NC(=O)c2cccs2)cc1.Cl. The molecule has 1 aromatic heterocycles. The molecule has 1 atom stereocenters. The standard InChI is InChI=1S/C16H19N3O2S.ClH/c1-2-4-13(17)15(20)18-11-6-8-12(9-7-11)19-16(21)14-5-3-10-22-14;/h3,5-10,13H,2,4,17H2,1H3,(H,18,20)(H,19,21);1H. The van der Waals surface area contributed by atoms with Gasteiger partial charge in [0.25, 0.3) is 5.91 Å². The van der Waals surface area contributed by atoms with Crippen LogP contribution in [-0.2, 0) is 4.79 Å². The van der Waals surface area contributed by atoms with Gasteiger partial charge in [0, 0.05) is 11.4 Å². The lowest BCUT2D eigenvalue weighted by atomic mass is 10.1. The molecule has 2 rings (SSSR count). The average molecular weight is 354 g/mol. The van der Waals surface area contributed by atoms with Gasteiger partial charge in [0.15, 0.2) is 0 Å². The first-order valence-electron chi connectivity index (χ1n) is 7.11. The molecule has 1 aromatic carbocycles. The highest BCUT2D eigenvalue weighted by molar-refractivity contribution is 7.12. The third-order valence-electron chi connectivity index (χ3n) is 3.09. The zero-order chi connectivity index (χ0) is 15.9. The number of amides is 2. The highest BCUT2D eigenvalue weighted by Gasteiger charge is 2.12. The molecule has 2 amide bonds. The van der Waals surface area contributed by atoms with Crippen molar-refractivity contribution in [2.75, 3.05) is 10.6 Å². The molecule has 4 N–H and O–H groups in total. The van der Waals surface area contributed by atoms with Gasteiger partial charge in [-0.1, -0.05) is 19.4 Å². The lowest BCUT2D eigenvalue weighted by molar-refractivity contribution is -0.117. The van der Waals surface area contributed by atoms with Gasteiger partial charge in [0.2, 0.25) is 5.91 Å². The summed E-state index contributed by atoms with van der Waals surface area (Å²) < 4.78 is 0. The van der Waals surface area contributed by atoms with Gasteiger partial charge in [-0.25, -0.2) is 0 Å². The number of hydrogen-bond acceptors (Lipinski definition) is 4. The van der Waals surface area contributed by atoms with Gasteiger partial charge in [0.05, 0.1) is 10.9 Å². The predicted octanol–water partition coefficient (Wildman–Crippen LogP) is 3.49.